The molecule has 1 fully saturated rings. The molecule has 0 bridgehead atoms. The van der Waals surface area contributed by atoms with Crippen LogP contribution in [0.25, 0.3) is 10.2 Å². The molecular weight excluding hydrogens is 463 g/mol. The highest BCUT2D eigenvalue weighted by Crippen LogP contribution is 2.34. The lowest BCUT2D eigenvalue weighted by molar-refractivity contribution is -0.161. The van der Waals surface area contributed by atoms with Gasteiger partial charge in [0.25, 0.3) is 5.91 Å². The van der Waals surface area contributed by atoms with Crippen LogP contribution in [0.15, 0.2) is 6.07 Å². The van der Waals surface area contributed by atoms with Crippen LogP contribution in [0.1, 0.15) is 25.1 Å². The Morgan fingerprint density at radius 1 is 1.21 bits per heavy atom. The molecule has 3 rings (SSSR count). The van der Waals surface area contributed by atoms with Gasteiger partial charge in [0, 0.05) is 37.6 Å². The molecular formula is C20H26F3N5O4S. The van der Waals surface area contributed by atoms with Crippen molar-refractivity contribution in [1.82, 2.24) is 14.9 Å². The number of thiophene rings is 1. The van der Waals surface area contributed by atoms with E-state index in [4.69, 9.17) is 5.11 Å². The molecule has 0 radical (unpaired) electrons. The normalized spacial score (nSPS) is 15.7. The number of likely N-dealkylation sites (N-methyl/N-ethyl adjacent to an activating group) is 1. The molecule has 3 heterocycles. The Hall–Kier alpha value is -2.51. The average Bonchev–Trinajstić information content (AvgIpc) is 3.20. The Morgan fingerprint density at radius 3 is 2.42 bits per heavy atom. The Bertz CT molecular complexity index is 1010. The van der Waals surface area contributed by atoms with Gasteiger partial charge in [-0.1, -0.05) is 6.92 Å². The zero-order chi connectivity index (χ0) is 24.3. The van der Waals surface area contributed by atoms with Gasteiger partial charge in [-0.2, -0.15) is 18.2 Å². The number of rotatable bonds is 7. The van der Waals surface area contributed by atoms with Crippen molar-refractivity contribution in [3.63, 3.8) is 0 Å². The van der Waals surface area contributed by atoms with Crippen LogP contribution in [0.3, 0.4) is 0 Å². The number of piperazine rings is 1. The topological polar surface area (TPSA) is 110 Å². The predicted octanol–water partition coefficient (Wildman–Crippen LogP) is 1.56. The first-order chi connectivity index (χ1) is 15.6. The number of aryl methyl sites for hydroxylation is 1. The summed E-state index contributed by atoms with van der Waals surface area (Å²) in [6.07, 6.45) is -6.88. The molecule has 0 spiro atoms. The molecule has 33 heavy (non-hydrogen) atoms. The number of fused-ring (bicyclic) bond motifs is 1. The number of carbonyl (C=O) groups excluding carboxylic acids is 2. The lowest BCUT2D eigenvalue weighted by atomic mass is 10.2. The molecule has 0 aromatic carbocycles. The lowest BCUT2D eigenvalue weighted by Gasteiger charge is -2.36. The Kier molecular flexibility index (Phi) is 7.75. The van der Waals surface area contributed by atoms with E-state index in [1.165, 1.54) is 21.1 Å². The monoisotopic (exact) mass is 489 g/mol. The molecule has 2 aromatic heterocycles. The summed E-state index contributed by atoms with van der Waals surface area (Å²) >= 11 is 1.44. The quantitative estimate of drug-likeness (QED) is 0.607. The van der Waals surface area contributed by atoms with E-state index >= 15 is 0 Å². The van der Waals surface area contributed by atoms with Crippen LogP contribution in [-0.4, -0.2) is 88.5 Å². The van der Waals surface area contributed by atoms with Crippen LogP contribution >= 0.6 is 11.3 Å². The number of hydrogen-bond acceptors (Lipinski definition) is 8. The fourth-order valence-corrected chi connectivity index (χ4v) is 4.54. The molecule has 1 saturated heterocycles. The SMILES string of the molecule is CCc1cc2c(N3CCN(C(=O)CC(F)(F)F)CC3)nc(N(CC)C(=O)[C@@H](O)CO)nc2s1. The number of aromatic nitrogens is 2. The molecule has 2 N–H and O–H groups in total. The minimum Gasteiger partial charge on any atom is -0.393 e. The van der Waals surface area contributed by atoms with Gasteiger partial charge >= 0.3 is 6.18 Å². The van der Waals surface area contributed by atoms with Gasteiger partial charge in [0.15, 0.2) is 6.10 Å². The fraction of sp³-hybridized carbons (Fsp3) is 0.600. The molecule has 0 unspecified atom stereocenters. The second-order valence-electron chi connectivity index (χ2n) is 7.57. The number of aliphatic hydroxyl groups is 2. The third kappa shape index (κ3) is 5.71. The smallest absolute Gasteiger partial charge is 0.393 e. The first-order valence-corrected chi connectivity index (χ1v) is 11.4. The molecule has 1 atom stereocenters. The van der Waals surface area contributed by atoms with Crippen LogP contribution < -0.4 is 9.80 Å². The molecule has 2 amide bonds. The summed E-state index contributed by atoms with van der Waals surface area (Å²) in [4.78, 5) is 39.4. The Labute approximate surface area is 192 Å². The van der Waals surface area contributed by atoms with Gasteiger partial charge in [-0.25, -0.2) is 4.98 Å². The van der Waals surface area contributed by atoms with Gasteiger partial charge in [-0.05, 0) is 19.4 Å². The van der Waals surface area contributed by atoms with Crippen LogP contribution in [0.5, 0.6) is 0 Å². The van der Waals surface area contributed by atoms with Crippen molar-refractivity contribution in [2.45, 2.75) is 39.0 Å². The largest absolute Gasteiger partial charge is 0.397 e. The maximum atomic E-state index is 12.6. The number of amides is 2. The van der Waals surface area contributed by atoms with Crippen molar-refractivity contribution in [1.29, 1.82) is 0 Å². The molecule has 2 aromatic rings. The van der Waals surface area contributed by atoms with Crippen molar-refractivity contribution in [2.24, 2.45) is 0 Å². The van der Waals surface area contributed by atoms with Crippen molar-refractivity contribution in [2.75, 3.05) is 49.1 Å². The number of halogens is 3. The van der Waals surface area contributed by atoms with E-state index in [0.717, 1.165) is 16.7 Å². The van der Waals surface area contributed by atoms with Gasteiger partial charge < -0.3 is 20.0 Å². The highest BCUT2D eigenvalue weighted by molar-refractivity contribution is 7.18. The molecule has 1 aliphatic rings. The van der Waals surface area contributed by atoms with E-state index < -0.39 is 37.1 Å². The van der Waals surface area contributed by atoms with E-state index in [0.29, 0.717) is 10.6 Å². The van der Waals surface area contributed by atoms with Crippen LogP contribution in [0.4, 0.5) is 24.9 Å². The highest BCUT2D eigenvalue weighted by Gasteiger charge is 2.35. The predicted molar refractivity (Wildman–Crippen MR) is 117 cm³/mol. The fourth-order valence-electron chi connectivity index (χ4n) is 3.59. The standard InChI is InChI=1S/C20H26F3N5O4S/c1-3-12-9-13-16(27-7-5-26(6-8-27)15(31)10-20(21,22)23)24-19(25-17(13)33-12)28(4-2)18(32)14(30)11-29/h9,14,29-30H,3-8,10-11H2,1-2H3/t14-/m0/s1. The third-order valence-electron chi connectivity index (χ3n) is 5.33. The first-order valence-electron chi connectivity index (χ1n) is 10.6. The van der Waals surface area contributed by atoms with Gasteiger partial charge in [0.2, 0.25) is 11.9 Å². The van der Waals surface area contributed by atoms with Crippen molar-refractivity contribution in [3.05, 3.63) is 10.9 Å². The van der Waals surface area contributed by atoms with Crippen molar-refractivity contribution in [3.8, 4) is 0 Å². The van der Waals surface area contributed by atoms with E-state index in [-0.39, 0.29) is 38.7 Å². The molecule has 0 saturated carbocycles. The summed E-state index contributed by atoms with van der Waals surface area (Å²) in [6, 6.07) is 1.95. The number of alkyl halides is 3. The van der Waals surface area contributed by atoms with Gasteiger partial charge in [-0.15, -0.1) is 11.3 Å². The number of nitrogens with zero attached hydrogens (tertiary/aromatic N) is 5. The zero-order valence-corrected chi connectivity index (χ0v) is 19.1. The lowest BCUT2D eigenvalue weighted by Crippen LogP contribution is -2.50. The molecule has 1 aliphatic heterocycles. The van der Waals surface area contributed by atoms with Gasteiger partial charge in [0.1, 0.15) is 17.1 Å². The molecule has 0 aliphatic carbocycles. The number of carbonyl (C=O) groups is 2. The number of anilines is 2. The van der Waals surface area contributed by atoms with Crippen LogP contribution in [0, 0.1) is 0 Å². The van der Waals surface area contributed by atoms with Crippen molar-refractivity contribution < 1.29 is 33.0 Å². The van der Waals surface area contributed by atoms with E-state index in [1.807, 2.05) is 17.9 Å². The van der Waals surface area contributed by atoms with E-state index in [2.05, 4.69) is 9.97 Å². The second kappa shape index (κ2) is 10.2. The highest BCUT2D eigenvalue weighted by atomic mass is 32.1. The number of hydrogen-bond donors (Lipinski definition) is 2. The second-order valence-corrected chi connectivity index (χ2v) is 8.69. The van der Waals surface area contributed by atoms with Crippen LogP contribution in [-0.2, 0) is 16.0 Å². The van der Waals surface area contributed by atoms with E-state index in [1.54, 1.807) is 6.92 Å². The zero-order valence-electron chi connectivity index (χ0n) is 18.3. The minimum atomic E-state index is -4.55. The van der Waals surface area contributed by atoms with E-state index in [9.17, 15) is 27.9 Å². The molecule has 9 nitrogen and oxygen atoms in total. The summed E-state index contributed by atoms with van der Waals surface area (Å²) < 4.78 is 37.7. The van der Waals surface area contributed by atoms with Crippen molar-refractivity contribution >= 4 is 45.1 Å². The van der Waals surface area contributed by atoms with Crippen LogP contribution in [0.2, 0.25) is 0 Å². The molecule has 13 heteroatoms. The maximum Gasteiger partial charge on any atom is 0.397 e. The average molecular weight is 490 g/mol. The number of aliphatic hydroxyl groups excluding tert-OH is 2. The third-order valence-corrected chi connectivity index (χ3v) is 6.50. The maximum absolute atomic E-state index is 12.6. The Balaban J connectivity index is 1.91. The van der Waals surface area contributed by atoms with Gasteiger partial charge in [-0.3, -0.25) is 14.5 Å². The summed E-state index contributed by atoms with van der Waals surface area (Å²) in [5.41, 5.74) is 0. The summed E-state index contributed by atoms with van der Waals surface area (Å²) in [5.74, 6) is -1.11. The first kappa shape index (κ1) is 25.1. The summed E-state index contributed by atoms with van der Waals surface area (Å²) in [5, 5.41) is 19.7. The minimum absolute atomic E-state index is 0.0672. The summed E-state index contributed by atoms with van der Waals surface area (Å²) in [7, 11) is 0. The van der Waals surface area contributed by atoms with Gasteiger partial charge in [0.05, 0.1) is 12.0 Å². The Morgan fingerprint density at radius 2 is 1.88 bits per heavy atom. The molecule has 182 valence electrons. The summed E-state index contributed by atoms with van der Waals surface area (Å²) in [6.45, 7) is 3.86.